The molecular weight excluding hydrogens is 250 g/mol. The van der Waals surface area contributed by atoms with Crippen LogP contribution in [0.1, 0.15) is 12.8 Å². The SMILES string of the molecule is O=C(O)CC1CCN(C(=O)NCCn2ccnn2)C1. The molecular formula is C11H17N5O3. The lowest BCUT2D eigenvalue weighted by atomic mass is 10.1. The minimum Gasteiger partial charge on any atom is -0.481 e. The number of nitrogens with zero attached hydrogens (tertiary/aromatic N) is 4. The minimum atomic E-state index is -0.807. The molecule has 2 N–H and O–H groups in total. The number of hydrogen-bond donors (Lipinski definition) is 2. The molecule has 2 rings (SSSR count). The lowest BCUT2D eigenvalue weighted by molar-refractivity contribution is -0.138. The first kappa shape index (κ1) is 13.3. The minimum absolute atomic E-state index is 0.0681. The average Bonchev–Trinajstić information content (AvgIpc) is 2.99. The summed E-state index contributed by atoms with van der Waals surface area (Å²) in [5, 5.41) is 19.0. The van der Waals surface area contributed by atoms with E-state index < -0.39 is 5.97 Å². The van der Waals surface area contributed by atoms with Gasteiger partial charge < -0.3 is 15.3 Å². The standard InChI is InChI=1S/C11H17N5O3/c17-10(18)7-9-1-4-15(8-9)11(19)12-2-5-16-6-3-13-14-16/h3,6,9H,1-2,4-5,7-8H2,(H,12,19)(H,17,18). The highest BCUT2D eigenvalue weighted by Gasteiger charge is 2.27. The van der Waals surface area contributed by atoms with E-state index in [1.54, 1.807) is 22.0 Å². The van der Waals surface area contributed by atoms with Crippen LogP contribution in [-0.2, 0) is 11.3 Å². The Bertz CT molecular complexity index is 434. The molecule has 0 spiro atoms. The van der Waals surface area contributed by atoms with Gasteiger partial charge in [-0.25, -0.2) is 4.79 Å². The third kappa shape index (κ3) is 3.94. The zero-order valence-electron chi connectivity index (χ0n) is 10.5. The van der Waals surface area contributed by atoms with Crippen molar-refractivity contribution < 1.29 is 14.7 Å². The van der Waals surface area contributed by atoms with E-state index >= 15 is 0 Å². The largest absolute Gasteiger partial charge is 0.481 e. The zero-order chi connectivity index (χ0) is 13.7. The Morgan fingerprint density at radius 2 is 2.32 bits per heavy atom. The third-order valence-corrected chi connectivity index (χ3v) is 3.13. The number of carboxylic acids is 1. The van der Waals surface area contributed by atoms with Gasteiger partial charge in [-0.15, -0.1) is 5.10 Å². The maximum atomic E-state index is 11.8. The van der Waals surface area contributed by atoms with Gasteiger partial charge >= 0.3 is 12.0 Å². The van der Waals surface area contributed by atoms with Crippen LogP contribution in [0.3, 0.4) is 0 Å². The zero-order valence-corrected chi connectivity index (χ0v) is 10.5. The molecule has 0 saturated carbocycles. The fourth-order valence-electron chi connectivity index (χ4n) is 2.17. The van der Waals surface area contributed by atoms with Crippen LogP contribution in [0.2, 0.25) is 0 Å². The van der Waals surface area contributed by atoms with Gasteiger partial charge in [0.05, 0.1) is 12.7 Å². The predicted octanol–water partition coefficient (Wildman–Crippen LogP) is -0.216. The Morgan fingerprint density at radius 3 is 3.00 bits per heavy atom. The monoisotopic (exact) mass is 267 g/mol. The van der Waals surface area contributed by atoms with Crippen molar-refractivity contribution in [2.75, 3.05) is 19.6 Å². The predicted molar refractivity (Wildman–Crippen MR) is 65.4 cm³/mol. The van der Waals surface area contributed by atoms with Crippen molar-refractivity contribution in [2.24, 2.45) is 5.92 Å². The van der Waals surface area contributed by atoms with Crippen LogP contribution in [0.4, 0.5) is 4.79 Å². The fraction of sp³-hybridized carbons (Fsp3) is 0.636. The number of likely N-dealkylation sites (tertiary alicyclic amines) is 1. The summed E-state index contributed by atoms with van der Waals surface area (Å²) in [6.07, 6.45) is 4.19. The van der Waals surface area contributed by atoms with Crippen molar-refractivity contribution in [3.63, 3.8) is 0 Å². The Labute approximate surface area is 110 Å². The number of amides is 2. The van der Waals surface area contributed by atoms with E-state index in [9.17, 15) is 9.59 Å². The van der Waals surface area contributed by atoms with Gasteiger partial charge in [0.2, 0.25) is 0 Å². The topological polar surface area (TPSA) is 100 Å². The molecule has 0 bridgehead atoms. The van der Waals surface area contributed by atoms with E-state index in [1.807, 2.05) is 0 Å². The Hall–Kier alpha value is -2.12. The van der Waals surface area contributed by atoms with Crippen LogP contribution >= 0.6 is 0 Å². The lowest BCUT2D eigenvalue weighted by Crippen LogP contribution is -2.39. The highest BCUT2D eigenvalue weighted by molar-refractivity contribution is 5.74. The van der Waals surface area contributed by atoms with Crippen LogP contribution in [-0.4, -0.2) is 56.6 Å². The molecule has 1 aliphatic rings. The number of hydrogen-bond acceptors (Lipinski definition) is 4. The third-order valence-electron chi connectivity index (χ3n) is 3.13. The highest BCUT2D eigenvalue weighted by Crippen LogP contribution is 2.19. The number of rotatable bonds is 5. The molecule has 2 amide bonds. The molecule has 1 atom stereocenters. The van der Waals surface area contributed by atoms with Gasteiger partial charge in [-0.1, -0.05) is 5.21 Å². The van der Waals surface area contributed by atoms with Crippen molar-refractivity contribution >= 4 is 12.0 Å². The van der Waals surface area contributed by atoms with E-state index in [2.05, 4.69) is 15.6 Å². The first-order valence-corrected chi connectivity index (χ1v) is 6.24. The van der Waals surface area contributed by atoms with Gasteiger partial charge in [-0.2, -0.15) is 0 Å². The quantitative estimate of drug-likeness (QED) is 0.768. The average molecular weight is 267 g/mol. The summed E-state index contributed by atoms with van der Waals surface area (Å²) >= 11 is 0. The number of aliphatic carboxylic acids is 1. The molecule has 8 nitrogen and oxygen atoms in total. The Kier molecular flexibility index (Phi) is 4.32. The molecule has 1 saturated heterocycles. The number of carboxylic acid groups (broad SMARTS) is 1. The van der Waals surface area contributed by atoms with Crippen molar-refractivity contribution in [2.45, 2.75) is 19.4 Å². The van der Waals surface area contributed by atoms with Crippen LogP contribution in [0.15, 0.2) is 12.4 Å². The molecule has 19 heavy (non-hydrogen) atoms. The molecule has 0 radical (unpaired) electrons. The van der Waals surface area contributed by atoms with Crippen molar-refractivity contribution in [1.82, 2.24) is 25.2 Å². The second-order valence-electron chi connectivity index (χ2n) is 4.60. The maximum absolute atomic E-state index is 11.8. The van der Waals surface area contributed by atoms with E-state index in [0.717, 1.165) is 6.42 Å². The van der Waals surface area contributed by atoms with E-state index in [4.69, 9.17) is 5.11 Å². The van der Waals surface area contributed by atoms with Gasteiger partial charge in [0.15, 0.2) is 0 Å². The van der Waals surface area contributed by atoms with Gasteiger partial charge in [0.1, 0.15) is 0 Å². The van der Waals surface area contributed by atoms with Gasteiger partial charge in [-0.3, -0.25) is 9.48 Å². The second-order valence-corrected chi connectivity index (χ2v) is 4.60. The van der Waals surface area contributed by atoms with Crippen LogP contribution in [0.5, 0.6) is 0 Å². The summed E-state index contributed by atoms with van der Waals surface area (Å²) in [7, 11) is 0. The highest BCUT2D eigenvalue weighted by atomic mass is 16.4. The van der Waals surface area contributed by atoms with Gasteiger partial charge in [0.25, 0.3) is 0 Å². The summed E-state index contributed by atoms with van der Waals surface area (Å²) in [6, 6.07) is -0.145. The second kappa shape index (κ2) is 6.17. The number of carbonyl (C=O) groups is 2. The van der Waals surface area contributed by atoms with Gasteiger partial charge in [-0.05, 0) is 12.3 Å². The smallest absolute Gasteiger partial charge is 0.317 e. The van der Waals surface area contributed by atoms with Crippen LogP contribution < -0.4 is 5.32 Å². The molecule has 104 valence electrons. The fourth-order valence-corrected chi connectivity index (χ4v) is 2.17. The van der Waals surface area contributed by atoms with Crippen LogP contribution in [0, 0.1) is 5.92 Å². The molecule has 0 aromatic carbocycles. The summed E-state index contributed by atoms with van der Waals surface area (Å²) in [6.45, 7) is 2.18. The Morgan fingerprint density at radius 1 is 1.47 bits per heavy atom. The molecule has 1 aliphatic heterocycles. The summed E-state index contributed by atoms with van der Waals surface area (Å²) in [5.74, 6) is -0.739. The number of aromatic nitrogens is 3. The van der Waals surface area contributed by atoms with E-state index in [-0.39, 0.29) is 18.4 Å². The first-order chi connectivity index (χ1) is 9.15. The summed E-state index contributed by atoms with van der Waals surface area (Å²) in [4.78, 5) is 24.1. The van der Waals surface area contributed by atoms with Crippen molar-refractivity contribution in [3.8, 4) is 0 Å². The molecule has 2 heterocycles. The summed E-state index contributed by atoms with van der Waals surface area (Å²) < 4.78 is 1.64. The first-order valence-electron chi connectivity index (χ1n) is 6.24. The number of carbonyl (C=O) groups excluding carboxylic acids is 1. The van der Waals surface area contributed by atoms with E-state index in [1.165, 1.54) is 0 Å². The van der Waals surface area contributed by atoms with Crippen LogP contribution in [0.25, 0.3) is 0 Å². The molecule has 8 heteroatoms. The van der Waals surface area contributed by atoms with Gasteiger partial charge in [0, 0.05) is 32.3 Å². The molecule has 1 unspecified atom stereocenters. The molecule has 1 aromatic heterocycles. The lowest BCUT2D eigenvalue weighted by Gasteiger charge is -2.17. The maximum Gasteiger partial charge on any atom is 0.317 e. The molecule has 0 aliphatic carbocycles. The van der Waals surface area contributed by atoms with Crippen molar-refractivity contribution in [1.29, 1.82) is 0 Å². The Balaban J connectivity index is 1.68. The van der Waals surface area contributed by atoms with Crippen molar-refractivity contribution in [3.05, 3.63) is 12.4 Å². The summed E-state index contributed by atoms with van der Waals surface area (Å²) in [5.41, 5.74) is 0. The molecule has 1 aromatic rings. The normalized spacial score (nSPS) is 18.5. The number of urea groups is 1. The number of nitrogens with one attached hydrogen (secondary N) is 1. The van der Waals surface area contributed by atoms with E-state index in [0.29, 0.717) is 26.2 Å². The molecule has 1 fully saturated rings.